The highest BCUT2D eigenvalue weighted by atomic mass is 16.5. The minimum absolute atomic E-state index is 0.0156. The van der Waals surface area contributed by atoms with Crippen LogP contribution < -0.4 is 10.1 Å². The molecule has 1 N–H and O–H groups in total. The number of anilines is 1. The molecule has 0 aliphatic rings. The number of rotatable bonds is 8. The van der Waals surface area contributed by atoms with Crippen molar-refractivity contribution in [3.63, 3.8) is 0 Å². The van der Waals surface area contributed by atoms with Gasteiger partial charge < -0.3 is 10.1 Å². The van der Waals surface area contributed by atoms with Gasteiger partial charge >= 0.3 is 0 Å². The summed E-state index contributed by atoms with van der Waals surface area (Å²) in [7, 11) is 1.92. The molecule has 0 heterocycles. The molecule has 0 spiro atoms. The highest BCUT2D eigenvalue weighted by Crippen LogP contribution is 2.18. The van der Waals surface area contributed by atoms with E-state index in [4.69, 9.17) is 4.74 Å². The van der Waals surface area contributed by atoms with Crippen LogP contribution in [0.3, 0.4) is 0 Å². The van der Waals surface area contributed by atoms with E-state index in [-0.39, 0.29) is 5.91 Å². The number of amides is 1. The van der Waals surface area contributed by atoms with Crippen LogP contribution >= 0.6 is 0 Å². The first kappa shape index (κ1) is 18.0. The molecule has 0 saturated carbocycles. The van der Waals surface area contributed by atoms with Crippen LogP contribution in [0.15, 0.2) is 54.6 Å². The summed E-state index contributed by atoms with van der Waals surface area (Å²) in [5.41, 5.74) is 2.07. The standard InChI is InChI=1S/C20H26N2O2/c1-16(2)17-8-7-9-18(14-17)21-20(23)15-22(3)12-13-24-19-10-5-4-6-11-19/h4-11,14,16H,12-13,15H2,1-3H3,(H,21,23). The Balaban J connectivity index is 1.74. The number of carbonyl (C=O) groups excluding carboxylic acids is 1. The third-order valence-electron chi connectivity index (χ3n) is 3.74. The maximum absolute atomic E-state index is 12.1. The van der Waals surface area contributed by atoms with Crippen LogP contribution in [0.5, 0.6) is 5.75 Å². The molecule has 0 aromatic heterocycles. The lowest BCUT2D eigenvalue weighted by Crippen LogP contribution is -2.33. The van der Waals surface area contributed by atoms with Gasteiger partial charge in [-0.1, -0.05) is 44.2 Å². The van der Waals surface area contributed by atoms with E-state index in [0.29, 0.717) is 25.6 Å². The average Bonchev–Trinajstić information content (AvgIpc) is 2.56. The van der Waals surface area contributed by atoms with Gasteiger partial charge in [-0.3, -0.25) is 9.69 Å². The second-order valence-corrected chi connectivity index (χ2v) is 6.23. The second kappa shape index (κ2) is 9.08. The van der Waals surface area contributed by atoms with Crippen LogP contribution in [0.1, 0.15) is 25.3 Å². The van der Waals surface area contributed by atoms with Crippen LogP contribution in [-0.2, 0) is 4.79 Å². The van der Waals surface area contributed by atoms with Gasteiger partial charge in [-0.25, -0.2) is 0 Å². The van der Waals surface area contributed by atoms with Gasteiger partial charge in [0.25, 0.3) is 0 Å². The van der Waals surface area contributed by atoms with E-state index < -0.39 is 0 Å². The van der Waals surface area contributed by atoms with E-state index in [0.717, 1.165) is 11.4 Å². The third kappa shape index (κ3) is 6.05. The Morgan fingerprint density at radius 3 is 2.58 bits per heavy atom. The lowest BCUT2D eigenvalue weighted by molar-refractivity contribution is -0.117. The van der Waals surface area contributed by atoms with E-state index in [1.165, 1.54) is 5.56 Å². The number of benzene rings is 2. The van der Waals surface area contributed by atoms with Crippen LogP contribution in [0, 0.1) is 0 Å². The summed E-state index contributed by atoms with van der Waals surface area (Å²) in [6, 6.07) is 17.7. The number of carbonyl (C=O) groups is 1. The summed E-state index contributed by atoms with van der Waals surface area (Å²) in [5.74, 6) is 1.28. The molecular formula is C20H26N2O2. The maximum Gasteiger partial charge on any atom is 0.238 e. The van der Waals surface area contributed by atoms with Gasteiger partial charge in [0.1, 0.15) is 12.4 Å². The van der Waals surface area contributed by atoms with E-state index in [2.05, 4.69) is 25.2 Å². The SMILES string of the molecule is CC(C)c1cccc(NC(=O)CN(C)CCOc2ccccc2)c1. The first-order valence-electron chi connectivity index (χ1n) is 8.31. The Bertz CT molecular complexity index is 641. The van der Waals surface area contributed by atoms with Gasteiger partial charge in [-0.2, -0.15) is 0 Å². The van der Waals surface area contributed by atoms with Crippen molar-refractivity contribution in [2.45, 2.75) is 19.8 Å². The molecule has 0 bridgehead atoms. The lowest BCUT2D eigenvalue weighted by atomic mass is 10.0. The summed E-state index contributed by atoms with van der Waals surface area (Å²) in [6.45, 7) is 5.86. The smallest absolute Gasteiger partial charge is 0.238 e. The van der Waals surface area contributed by atoms with Crippen molar-refractivity contribution in [3.8, 4) is 5.75 Å². The Kier molecular flexibility index (Phi) is 6.82. The molecule has 2 rings (SSSR count). The predicted octanol–water partition coefficient (Wildman–Crippen LogP) is 3.76. The molecule has 0 atom stereocenters. The predicted molar refractivity (Wildman–Crippen MR) is 98.6 cm³/mol. The highest BCUT2D eigenvalue weighted by molar-refractivity contribution is 5.92. The van der Waals surface area contributed by atoms with Gasteiger partial charge in [0.2, 0.25) is 5.91 Å². The summed E-state index contributed by atoms with van der Waals surface area (Å²) >= 11 is 0. The molecule has 2 aromatic carbocycles. The van der Waals surface area contributed by atoms with Crippen molar-refractivity contribution >= 4 is 11.6 Å². The quantitative estimate of drug-likeness (QED) is 0.803. The second-order valence-electron chi connectivity index (χ2n) is 6.23. The fraction of sp³-hybridized carbons (Fsp3) is 0.350. The van der Waals surface area contributed by atoms with E-state index >= 15 is 0 Å². The van der Waals surface area contributed by atoms with Gasteiger partial charge in [0.05, 0.1) is 6.54 Å². The van der Waals surface area contributed by atoms with Gasteiger partial charge in [0, 0.05) is 12.2 Å². The minimum Gasteiger partial charge on any atom is -0.492 e. The molecular weight excluding hydrogens is 300 g/mol. The molecule has 4 nitrogen and oxygen atoms in total. The zero-order valence-corrected chi connectivity index (χ0v) is 14.7. The average molecular weight is 326 g/mol. The highest BCUT2D eigenvalue weighted by Gasteiger charge is 2.08. The molecule has 128 valence electrons. The number of hydrogen-bond acceptors (Lipinski definition) is 3. The minimum atomic E-state index is -0.0156. The molecule has 2 aromatic rings. The monoisotopic (exact) mass is 326 g/mol. The topological polar surface area (TPSA) is 41.6 Å². The molecule has 4 heteroatoms. The molecule has 0 fully saturated rings. The molecule has 1 amide bonds. The Morgan fingerprint density at radius 2 is 1.88 bits per heavy atom. The first-order chi connectivity index (χ1) is 11.5. The number of nitrogens with zero attached hydrogens (tertiary/aromatic N) is 1. The number of likely N-dealkylation sites (N-methyl/N-ethyl adjacent to an activating group) is 1. The fourth-order valence-corrected chi connectivity index (χ4v) is 2.34. The third-order valence-corrected chi connectivity index (χ3v) is 3.74. The van der Waals surface area contributed by atoms with E-state index in [1.807, 2.05) is 60.5 Å². The lowest BCUT2D eigenvalue weighted by Gasteiger charge is -2.17. The summed E-state index contributed by atoms with van der Waals surface area (Å²) in [6.07, 6.45) is 0. The van der Waals surface area contributed by atoms with Crippen LogP contribution in [0.25, 0.3) is 0 Å². The normalized spacial score (nSPS) is 10.9. The summed E-state index contributed by atoms with van der Waals surface area (Å²) < 4.78 is 5.65. The zero-order valence-electron chi connectivity index (χ0n) is 14.7. The van der Waals surface area contributed by atoms with Crippen LogP contribution in [0.2, 0.25) is 0 Å². The summed E-state index contributed by atoms with van der Waals surface area (Å²) in [4.78, 5) is 14.1. The van der Waals surface area contributed by atoms with Crippen molar-refractivity contribution < 1.29 is 9.53 Å². The van der Waals surface area contributed by atoms with Gasteiger partial charge in [-0.15, -0.1) is 0 Å². The maximum atomic E-state index is 12.1. The zero-order chi connectivity index (χ0) is 17.4. The van der Waals surface area contributed by atoms with E-state index in [1.54, 1.807) is 0 Å². The number of hydrogen-bond donors (Lipinski definition) is 1. The molecule has 24 heavy (non-hydrogen) atoms. The molecule has 0 aliphatic heterocycles. The molecule has 0 saturated heterocycles. The largest absolute Gasteiger partial charge is 0.492 e. The Morgan fingerprint density at radius 1 is 1.12 bits per heavy atom. The van der Waals surface area contributed by atoms with Crippen molar-refractivity contribution in [3.05, 3.63) is 60.2 Å². The fourth-order valence-electron chi connectivity index (χ4n) is 2.34. The molecule has 0 radical (unpaired) electrons. The van der Waals surface area contributed by atoms with Crippen LogP contribution in [0.4, 0.5) is 5.69 Å². The Labute approximate surface area is 144 Å². The van der Waals surface area contributed by atoms with Crippen molar-refractivity contribution in [1.29, 1.82) is 0 Å². The van der Waals surface area contributed by atoms with Crippen LogP contribution in [-0.4, -0.2) is 37.6 Å². The first-order valence-corrected chi connectivity index (χ1v) is 8.31. The van der Waals surface area contributed by atoms with Crippen molar-refractivity contribution in [1.82, 2.24) is 4.90 Å². The van der Waals surface area contributed by atoms with Crippen molar-refractivity contribution in [2.75, 3.05) is 32.1 Å². The van der Waals surface area contributed by atoms with E-state index in [9.17, 15) is 4.79 Å². The van der Waals surface area contributed by atoms with Crippen molar-refractivity contribution in [2.24, 2.45) is 0 Å². The number of nitrogens with one attached hydrogen (secondary N) is 1. The number of para-hydroxylation sites is 1. The molecule has 0 unspecified atom stereocenters. The summed E-state index contributed by atoms with van der Waals surface area (Å²) in [5, 5.41) is 2.95. The Hall–Kier alpha value is -2.33. The molecule has 0 aliphatic carbocycles. The van der Waals surface area contributed by atoms with Gasteiger partial charge in [-0.05, 0) is 42.8 Å². The van der Waals surface area contributed by atoms with Gasteiger partial charge in [0.15, 0.2) is 0 Å². The number of ether oxygens (including phenoxy) is 1.